The van der Waals surface area contributed by atoms with Crippen molar-refractivity contribution in [3.05, 3.63) is 21.9 Å². The third-order valence-electron chi connectivity index (χ3n) is 2.58. The van der Waals surface area contributed by atoms with E-state index in [-0.39, 0.29) is 0 Å². The first-order valence-corrected chi connectivity index (χ1v) is 5.71. The van der Waals surface area contributed by atoms with Crippen LogP contribution in [0.1, 0.15) is 16.9 Å². The van der Waals surface area contributed by atoms with Gasteiger partial charge in [0.1, 0.15) is 0 Å². The van der Waals surface area contributed by atoms with Gasteiger partial charge in [-0.15, -0.1) is 11.3 Å². The van der Waals surface area contributed by atoms with E-state index in [1.807, 2.05) is 11.3 Å². The van der Waals surface area contributed by atoms with E-state index >= 15 is 0 Å². The predicted molar refractivity (Wildman–Crippen MR) is 57.2 cm³/mol. The zero-order chi connectivity index (χ0) is 9.10. The van der Waals surface area contributed by atoms with Crippen molar-refractivity contribution in [1.82, 2.24) is 10.6 Å². The zero-order valence-corrected chi connectivity index (χ0v) is 8.79. The first kappa shape index (κ1) is 9.19. The molecule has 0 aromatic carbocycles. The second kappa shape index (κ2) is 4.22. The lowest BCUT2D eigenvalue weighted by atomic mass is 10.2. The van der Waals surface area contributed by atoms with Crippen LogP contribution < -0.4 is 10.6 Å². The topological polar surface area (TPSA) is 24.1 Å². The molecule has 2 rings (SSSR count). The van der Waals surface area contributed by atoms with Crippen LogP contribution in [0, 0.1) is 6.92 Å². The van der Waals surface area contributed by atoms with Crippen molar-refractivity contribution in [3.63, 3.8) is 0 Å². The minimum atomic E-state index is 0.682. The number of hydrogen-bond donors (Lipinski definition) is 2. The van der Waals surface area contributed by atoms with Gasteiger partial charge >= 0.3 is 0 Å². The highest BCUT2D eigenvalue weighted by molar-refractivity contribution is 7.10. The largest absolute Gasteiger partial charge is 0.315 e. The highest BCUT2D eigenvalue weighted by Crippen LogP contribution is 2.15. The van der Waals surface area contributed by atoms with Crippen molar-refractivity contribution >= 4 is 11.3 Å². The average Bonchev–Trinajstić information content (AvgIpc) is 2.72. The van der Waals surface area contributed by atoms with Gasteiger partial charge in [0, 0.05) is 24.0 Å². The van der Waals surface area contributed by atoms with E-state index in [0.29, 0.717) is 6.04 Å². The molecule has 0 aliphatic carbocycles. The zero-order valence-electron chi connectivity index (χ0n) is 7.97. The van der Waals surface area contributed by atoms with E-state index in [2.05, 4.69) is 29.0 Å². The molecular formula is C10H16N2S. The molecule has 2 nitrogen and oxygen atoms in total. The van der Waals surface area contributed by atoms with E-state index in [0.717, 1.165) is 13.1 Å². The summed E-state index contributed by atoms with van der Waals surface area (Å²) in [7, 11) is 0. The normalized spacial score (nSPS) is 22.4. The molecule has 2 heterocycles. The van der Waals surface area contributed by atoms with Crippen molar-refractivity contribution in [2.75, 3.05) is 13.1 Å². The third-order valence-corrected chi connectivity index (χ3v) is 3.60. The Balaban J connectivity index is 1.82. The summed E-state index contributed by atoms with van der Waals surface area (Å²) in [6.45, 7) is 5.52. The van der Waals surface area contributed by atoms with Gasteiger partial charge in [-0.05, 0) is 36.9 Å². The SMILES string of the molecule is Cc1ccsc1CNC1CCNC1. The van der Waals surface area contributed by atoms with Gasteiger partial charge < -0.3 is 10.6 Å². The van der Waals surface area contributed by atoms with Crippen LogP contribution in [0.5, 0.6) is 0 Å². The highest BCUT2D eigenvalue weighted by atomic mass is 32.1. The van der Waals surface area contributed by atoms with Gasteiger partial charge in [-0.3, -0.25) is 0 Å². The number of aryl methyl sites for hydroxylation is 1. The van der Waals surface area contributed by atoms with E-state index in [1.54, 1.807) is 0 Å². The molecule has 0 bridgehead atoms. The molecule has 1 fully saturated rings. The van der Waals surface area contributed by atoms with Crippen LogP contribution in [0.15, 0.2) is 11.4 Å². The number of thiophene rings is 1. The Bertz CT molecular complexity index is 264. The first-order chi connectivity index (χ1) is 6.36. The van der Waals surface area contributed by atoms with Crippen LogP contribution in [0.4, 0.5) is 0 Å². The maximum atomic E-state index is 3.57. The maximum absolute atomic E-state index is 3.57. The van der Waals surface area contributed by atoms with Crippen LogP contribution in [-0.4, -0.2) is 19.1 Å². The van der Waals surface area contributed by atoms with E-state index in [4.69, 9.17) is 0 Å². The summed E-state index contributed by atoms with van der Waals surface area (Å²) >= 11 is 1.85. The third kappa shape index (κ3) is 2.30. The summed E-state index contributed by atoms with van der Waals surface area (Å²) in [6, 6.07) is 2.87. The molecule has 1 atom stereocenters. The number of hydrogen-bond acceptors (Lipinski definition) is 3. The maximum Gasteiger partial charge on any atom is 0.0305 e. The van der Waals surface area contributed by atoms with Crippen LogP contribution in [0.2, 0.25) is 0 Å². The van der Waals surface area contributed by atoms with Gasteiger partial charge in [-0.1, -0.05) is 0 Å². The lowest BCUT2D eigenvalue weighted by molar-refractivity contribution is 0.550. The van der Waals surface area contributed by atoms with Crippen molar-refractivity contribution in [1.29, 1.82) is 0 Å². The second-order valence-electron chi connectivity index (χ2n) is 3.60. The Morgan fingerprint density at radius 1 is 1.69 bits per heavy atom. The molecule has 1 aromatic heterocycles. The van der Waals surface area contributed by atoms with Crippen LogP contribution in [-0.2, 0) is 6.54 Å². The highest BCUT2D eigenvalue weighted by Gasteiger charge is 2.13. The van der Waals surface area contributed by atoms with E-state index in [1.165, 1.54) is 23.4 Å². The van der Waals surface area contributed by atoms with Gasteiger partial charge in [0.2, 0.25) is 0 Å². The smallest absolute Gasteiger partial charge is 0.0305 e. The molecular weight excluding hydrogens is 180 g/mol. The molecule has 1 aliphatic rings. The number of nitrogens with one attached hydrogen (secondary N) is 2. The van der Waals surface area contributed by atoms with E-state index < -0.39 is 0 Å². The molecule has 1 aromatic rings. The molecule has 2 N–H and O–H groups in total. The molecule has 1 aliphatic heterocycles. The summed E-state index contributed by atoms with van der Waals surface area (Å²) in [5.74, 6) is 0. The first-order valence-electron chi connectivity index (χ1n) is 4.83. The van der Waals surface area contributed by atoms with Crippen molar-refractivity contribution in [3.8, 4) is 0 Å². The monoisotopic (exact) mass is 196 g/mol. The van der Waals surface area contributed by atoms with Gasteiger partial charge in [-0.25, -0.2) is 0 Å². The number of rotatable bonds is 3. The lowest BCUT2D eigenvalue weighted by Gasteiger charge is -2.10. The van der Waals surface area contributed by atoms with E-state index in [9.17, 15) is 0 Å². The molecule has 0 radical (unpaired) electrons. The Hall–Kier alpha value is -0.380. The fourth-order valence-electron chi connectivity index (χ4n) is 1.65. The van der Waals surface area contributed by atoms with Crippen LogP contribution in [0.25, 0.3) is 0 Å². The van der Waals surface area contributed by atoms with Crippen LogP contribution in [0.3, 0.4) is 0 Å². The minimum Gasteiger partial charge on any atom is -0.315 e. The Labute approximate surface area is 83.4 Å². The van der Waals surface area contributed by atoms with Gasteiger partial charge in [0.15, 0.2) is 0 Å². The molecule has 0 saturated carbocycles. The van der Waals surface area contributed by atoms with Crippen LogP contribution >= 0.6 is 11.3 Å². The summed E-state index contributed by atoms with van der Waals surface area (Å²) in [6.07, 6.45) is 1.27. The van der Waals surface area contributed by atoms with Crippen molar-refractivity contribution < 1.29 is 0 Å². The molecule has 0 amide bonds. The molecule has 72 valence electrons. The molecule has 13 heavy (non-hydrogen) atoms. The van der Waals surface area contributed by atoms with Gasteiger partial charge in [-0.2, -0.15) is 0 Å². The Morgan fingerprint density at radius 3 is 3.23 bits per heavy atom. The van der Waals surface area contributed by atoms with Gasteiger partial charge in [0.25, 0.3) is 0 Å². The quantitative estimate of drug-likeness (QED) is 0.765. The fourth-order valence-corrected chi connectivity index (χ4v) is 2.51. The fraction of sp³-hybridized carbons (Fsp3) is 0.600. The van der Waals surface area contributed by atoms with Gasteiger partial charge in [0.05, 0.1) is 0 Å². The lowest BCUT2D eigenvalue weighted by Crippen LogP contribution is -2.30. The minimum absolute atomic E-state index is 0.682. The average molecular weight is 196 g/mol. The summed E-state index contributed by atoms with van der Waals surface area (Å²) < 4.78 is 0. The predicted octanol–water partition coefficient (Wildman–Crippen LogP) is 1.51. The Morgan fingerprint density at radius 2 is 2.62 bits per heavy atom. The van der Waals surface area contributed by atoms with Crippen molar-refractivity contribution in [2.24, 2.45) is 0 Å². The summed E-state index contributed by atoms with van der Waals surface area (Å²) in [5, 5.41) is 9.10. The van der Waals surface area contributed by atoms with Crippen molar-refractivity contribution in [2.45, 2.75) is 25.9 Å². The molecule has 1 saturated heterocycles. The standard InChI is InChI=1S/C10H16N2S/c1-8-3-5-13-10(8)7-12-9-2-4-11-6-9/h3,5,9,11-12H,2,4,6-7H2,1H3. The molecule has 1 unspecified atom stereocenters. The summed E-state index contributed by atoms with van der Waals surface area (Å²) in [5.41, 5.74) is 1.42. The summed E-state index contributed by atoms with van der Waals surface area (Å²) in [4.78, 5) is 1.48. The Kier molecular flexibility index (Phi) is 2.98. The second-order valence-corrected chi connectivity index (χ2v) is 4.60. The molecule has 0 spiro atoms. The molecule has 3 heteroatoms.